The molecule has 0 saturated carbocycles. The van der Waals surface area contributed by atoms with Gasteiger partial charge in [-0.3, -0.25) is 9.78 Å². The Morgan fingerprint density at radius 3 is 2.64 bits per heavy atom. The van der Waals surface area contributed by atoms with Crippen LogP contribution in [-0.2, 0) is 6.42 Å². The van der Waals surface area contributed by atoms with Gasteiger partial charge < -0.3 is 15.0 Å². The molecule has 7 heteroatoms. The van der Waals surface area contributed by atoms with Crippen molar-refractivity contribution >= 4 is 28.9 Å². The predicted octanol–water partition coefficient (Wildman–Crippen LogP) is 4.07. The summed E-state index contributed by atoms with van der Waals surface area (Å²) in [5.74, 6) is 0.205. The molecule has 0 fully saturated rings. The van der Waals surface area contributed by atoms with Crippen molar-refractivity contribution in [3.8, 4) is 5.75 Å². The van der Waals surface area contributed by atoms with E-state index >= 15 is 0 Å². The molecule has 3 aromatic rings. The first-order valence-corrected chi connectivity index (χ1v) is 9.15. The molecule has 0 unspecified atom stereocenters. The van der Waals surface area contributed by atoms with Crippen molar-refractivity contribution in [1.82, 2.24) is 9.97 Å². The molecule has 1 N–H and O–H groups in total. The third-order valence-electron chi connectivity index (χ3n) is 4.32. The van der Waals surface area contributed by atoms with Gasteiger partial charge in [-0.25, -0.2) is 4.98 Å². The summed E-state index contributed by atoms with van der Waals surface area (Å²) < 4.78 is 5.25. The van der Waals surface area contributed by atoms with Crippen molar-refractivity contribution in [3.63, 3.8) is 0 Å². The van der Waals surface area contributed by atoms with E-state index in [2.05, 4.69) is 20.2 Å². The fourth-order valence-electron chi connectivity index (χ4n) is 2.69. The highest BCUT2D eigenvalue weighted by atomic mass is 35.5. The van der Waals surface area contributed by atoms with Crippen LogP contribution in [0, 0.1) is 0 Å². The Morgan fingerprint density at radius 1 is 1.18 bits per heavy atom. The van der Waals surface area contributed by atoms with E-state index in [1.807, 2.05) is 25.2 Å². The quantitative estimate of drug-likeness (QED) is 0.652. The van der Waals surface area contributed by atoms with E-state index in [0.717, 1.165) is 18.7 Å². The number of pyridine rings is 2. The number of carbonyl (C=O) groups is 1. The minimum atomic E-state index is -0.327. The van der Waals surface area contributed by atoms with E-state index in [0.29, 0.717) is 22.2 Å². The van der Waals surface area contributed by atoms with Crippen molar-refractivity contribution in [2.75, 3.05) is 30.9 Å². The Morgan fingerprint density at radius 2 is 1.96 bits per heavy atom. The van der Waals surface area contributed by atoms with Gasteiger partial charge in [0.05, 0.1) is 24.7 Å². The Balaban J connectivity index is 1.63. The highest BCUT2D eigenvalue weighted by Crippen LogP contribution is 2.28. The number of aromatic nitrogens is 2. The van der Waals surface area contributed by atoms with Crippen LogP contribution in [-0.4, -0.2) is 36.6 Å². The van der Waals surface area contributed by atoms with E-state index in [1.54, 1.807) is 42.9 Å². The van der Waals surface area contributed by atoms with Gasteiger partial charge in [0.25, 0.3) is 5.91 Å². The number of hydrogen-bond acceptors (Lipinski definition) is 5. The van der Waals surface area contributed by atoms with E-state index in [9.17, 15) is 4.79 Å². The number of anilines is 2. The second-order valence-electron chi connectivity index (χ2n) is 6.23. The van der Waals surface area contributed by atoms with Gasteiger partial charge in [-0.05, 0) is 54.4 Å². The molecule has 0 saturated heterocycles. The number of rotatable bonds is 7. The number of carbonyl (C=O) groups excluding carboxylic acids is 1. The molecule has 0 aliphatic rings. The third kappa shape index (κ3) is 4.98. The lowest BCUT2D eigenvalue weighted by atomic mass is 10.2. The molecule has 0 aliphatic carbocycles. The van der Waals surface area contributed by atoms with Crippen LogP contribution in [0.1, 0.15) is 16.1 Å². The first-order valence-electron chi connectivity index (χ1n) is 8.78. The number of likely N-dealkylation sites (N-methyl/N-ethyl adjacent to an activating group) is 1. The minimum Gasteiger partial charge on any atom is -0.495 e. The molecule has 1 amide bonds. The SMILES string of the molecule is COc1ccc(Cl)cc1NC(=O)c1ccc(N(C)CCc2ccncc2)cn1. The minimum absolute atomic E-state index is 0.313. The predicted molar refractivity (Wildman–Crippen MR) is 111 cm³/mol. The maximum absolute atomic E-state index is 12.5. The Labute approximate surface area is 169 Å². The van der Waals surface area contributed by atoms with Crippen LogP contribution in [0.5, 0.6) is 5.75 Å². The summed E-state index contributed by atoms with van der Waals surface area (Å²) in [5, 5.41) is 3.29. The number of halogens is 1. The third-order valence-corrected chi connectivity index (χ3v) is 4.55. The molecule has 6 nitrogen and oxygen atoms in total. The largest absolute Gasteiger partial charge is 0.495 e. The number of nitrogens with one attached hydrogen (secondary N) is 1. The molecule has 0 aliphatic heterocycles. The van der Waals surface area contributed by atoms with Gasteiger partial charge in [0.2, 0.25) is 0 Å². The number of amides is 1. The van der Waals surface area contributed by atoms with Crippen molar-refractivity contribution in [3.05, 3.63) is 77.3 Å². The molecule has 28 heavy (non-hydrogen) atoms. The summed E-state index contributed by atoms with van der Waals surface area (Å²) in [6.45, 7) is 0.830. The first kappa shape index (κ1) is 19.6. The van der Waals surface area contributed by atoms with Crippen LogP contribution >= 0.6 is 11.6 Å². The number of hydrogen-bond donors (Lipinski definition) is 1. The molecule has 1 aromatic carbocycles. The lowest BCUT2D eigenvalue weighted by Gasteiger charge is -2.19. The lowest BCUT2D eigenvalue weighted by molar-refractivity contribution is 0.102. The lowest BCUT2D eigenvalue weighted by Crippen LogP contribution is -2.21. The van der Waals surface area contributed by atoms with Crippen molar-refractivity contribution < 1.29 is 9.53 Å². The number of ether oxygens (including phenoxy) is 1. The zero-order chi connectivity index (χ0) is 19.9. The number of methoxy groups -OCH3 is 1. The number of benzene rings is 1. The zero-order valence-corrected chi connectivity index (χ0v) is 16.5. The van der Waals surface area contributed by atoms with Crippen LogP contribution in [0.2, 0.25) is 5.02 Å². The molecule has 2 aromatic heterocycles. The molecular weight excluding hydrogens is 376 g/mol. The maximum Gasteiger partial charge on any atom is 0.274 e. The van der Waals surface area contributed by atoms with Crippen LogP contribution in [0.15, 0.2) is 61.1 Å². The Kier molecular flexibility index (Phi) is 6.45. The summed E-state index contributed by atoms with van der Waals surface area (Å²) in [7, 11) is 3.53. The molecule has 0 radical (unpaired) electrons. The zero-order valence-electron chi connectivity index (χ0n) is 15.7. The molecular formula is C21H21ClN4O2. The topological polar surface area (TPSA) is 67.3 Å². The van der Waals surface area contributed by atoms with Gasteiger partial charge in [0.1, 0.15) is 11.4 Å². The van der Waals surface area contributed by atoms with Gasteiger partial charge in [-0.1, -0.05) is 11.6 Å². The highest BCUT2D eigenvalue weighted by molar-refractivity contribution is 6.31. The molecule has 0 bridgehead atoms. The average Bonchev–Trinajstić information content (AvgIpc) is 2.73. The smallest absolute Gasteiger partial charge is 0.274 e. The van der Waals surface area contributed by atoms with Crippen LogP contribution < -0.4 is 15.0 Å². The fourth-order valence-corrected chi connectivity index (χ4v) is 2.86. The van der Waals surface area contributed by atoms with Crippen LogP contribution in [0.4, 0.5) is 11.4 Å². The van der Waals surface area contributed by atoms with Crippen LogP contribution in [0.25, 0.3) is 0 Å². The van der Waals surface area contributed by atoms with E-state index in [-0.39, 0.29) is 5.91 Å². The average molecular weight is 397 g/mol. The highest BCUT2D eigenvalue weighted by Gasteiger charge is 2.12. The van der Waals surface area contributed by atoms with Gasteiger partial charge in [0.15, 0.2) is 0 Å². The summed E-state index contributed by atoms with van der Waals surface area (Å²) in [6.07, 6.45) is 6.17. The molecule has 2 heterocycles. The second-order valence-corrected chi connectivity index (χ2v) is 6.66. The van der Waals surface area contributed by atoms with Gasteiger partial charge in [-0.2, -0.15) is 0 Å². The van der Waals surface area contributed by atoms with Crippen molar-refractivity contribution in [2.24, 2.45) is 0 Å². The fraction of sp³-hybridized carbons (Fsp3) is 0.190. The summed E-state index contributed by atoms with van der Waals surface area (Å²) in [5.41, 5.74) is 2.97. The Hall–Kier alpha value is -3.12. The monoisotopic (exact) mass is 396 g/mol. The van der Waals surface area contributed by atoms with Crippen LogP contribution in [0.3, 0.4) is 0 Å². The second kappa shape index (κ2) is 9.19. The van der Waals surface area contributed by atoms with Gasteiger partial charge in [-0.15, -0.1) is 0 Å². The number of nitrogens with zero attached hydrogens (tertiary/aromatic N) is 3. The molecule has 144 valence electrons. The summed E-state index contributed by atoms with van der Waals surface area (Å²) >= 11 is 6.00. The standard InChI is InChI=1S/C21H21ClN4O2/c1-26(12-9-15-7-10-23-11-8-15)17-4-5-18(24-14-17)21(27)25-19-13-16(22)3-6-20(19)28-2/h3-8,10-11,13-14H,9,12H2,1-2H3,(H,25,27). The maximum atomic E-state index is 12.5. The summed E-state index contributed by atoms with van der Waals surface area (Å²) in [6, 6.07) is 12.6. The van der Waals surface area contributed by atoms with Gasteiger partial charge in [0, 0.05) is 31.0 Å². The van der Waals surface area contributed by atoms with Gasteiger partial charge >= 0.3 is 0 Å². The molecule has 0 spiro atoms. The van der Waals surface area contributed by atoms with Crippen molar-refractivity contribution in [2.45, 2.75) is 6.42 Å². The van der Waals surface area contributed by atoms with Crippen molar-refractivity contribution in [1.29, 1.82) is 0 Å². The Bertz CT molecular complexity index is 933. The van der Waals surface area contributed by atoms with E-state index in [1.165, 1.54) is 12.7 Å². The summed E-state index contributed by atoms with van der Waals surface area (Å²) in [4.78, 5) is 22.9. The van der Waals surface area contributed by atoms with E-state index in [4.69, 9.17) is 16.3 Å². The molecule has 0 atom stereocenters. The molecule has 3 rings (SSSR count). The first-order chi connectivity index (χ1) is 13.6. The van der Waals surface area contributed by atoms with E-state index < -0.39 is 0 Å². The normalized spacial score (nSPS) is 10.4.